The third-order valence-corrected chi connectivity index (χ3v) is 4.61. The number of ether oxygens (including phenoxy) is 3. The molecule has 0 saturated heterocycles. The number of carbonyl (C=O) groups excluding carboxylic acids is 2. The van der Waals surface area contributed by atoms with E-state index < -0.39 is 24.5 Å². The van der Waals surface area contributed by atoms with Crippen LogP contribution in [0.15, 0.2) is 42.5 Å². The molecule has 0 spiro atoms. The lowest BCUT2D eigenvalue weighted by Gasteiger charge is -2.35. The highest BCUT2D eigenvalue weighted by molar-refractivity contribution is 5.97. The Morgan fingerprint density at radius 3 is 2.43 bits per heavy atom. The summed E-state index contributed by atoms with van der Waals surface area (Å²) in [6.07, 6.45) is 0.332. The van der Waals surface area contributed by atoms with E-state index in [1.165, 1.54) is 37.3 Å². The van der Waals surface area contributed by atoms with Crippen LogP contribution in [0.25, 0.3) is 0 Å². The summed E-state index contributed by atoms with van der Waals surface area (Å²) in [6.45, 7) is -2.79. The molecule has 0 N–H and O–H groups in total. The predicted octanol–water partition coefficient (Wildman–Crippen LogP) is 3.04. The van der Waals surface area contributed by atoms with Crippen LogP contribution in [-0.4, -0.2) is 43.6 Å². The topological polar surface area (TPSA) is 65.1 Å². The summed E-state index contributed by atoms with van der Waals surface area (Å²) >= 11 is 0. The fourth-order valence-electron chi connectivity index (χ4n) is 3.24. The maximum atomic E-state index is 13.1. The standard InChI is InChI=1S/C20H19F2NO5/c1-26-17-10-13(7-8-16(17)28-20(21)22)18(24)23-11-14-6-4-3-5-12(14)9-15(23)19(25)27-2/h3-8,10,15,20H,9,11H2,1-2H3/t15-/m0/s1. The van der Waals surface area contributed by atoms with Gasteiger partial charge in [0.2, 0.25) is 0 Å². The first kappa shape index (κ1) is 19.6. The molecule has 0 fully saturated rings. The fourth-order valence-corrected chi connectivity index (χ4v) is 3.24. The molecule has 6 nitrogen and oxygen atoms in total. The van der Waals surface area contributed by atoms with Crippen LogP contribution >= 0.6 is 0 Å². The first-order chi connectivity index (χ1) is 13.4. The van der Waals surface area contributed by atoms with Crippen molar-refractivity contribution in [3.63, 3.8) is 0 Å². The second-order valence-corrected chi connectivity index (χ2v) is 6.19. The molecule has 28 heavy (non-hydrogen) atoms. The molecule has 8 heteroatoms. The SMILES string of the molecule is COC(=O)[C@@H]1Cc2ccccc2CN1C(=O)c1ccc(OC(F)F)c(OC)c1. The van der Waals surface area contributed by atoms with E-state index in [0.717, 1.165) is 11.1 Å². The van der Waals surface area contributed by atoms with Crippen LogP contribution in [0.4, 0.5) is 8.78 Å². The lowest BCUT2D eigenvalue weighted by atomic mass is 9.93. The van der Waals surface area contributed by atoms with Crippen LogP contribution in [0.5, 0.6) is 11.5 Å². The Morgan fingerprint density at radius 2 is 1.79 bits per heavy atom. The van der Waals surface area contributed by atoms with Gasteiger partial charge >= 0.3 is 12.6 Å². The average Bonchev–Trinajstić information content (AvgIpc) is 2.71. The van der Waals surface area contributed by atoms with Gasteiger partial charge in [-0.1, -0.05) is 24.3 Å². The van der Waals surface area contributed by atoms with E-state index in [1.807, 2.05) is 24.3 Å². The molecule has 3 rings (SSSR count). The highest BCUT2D eigenvalue weighted by Gasteiger charge is 2.36. The summed E-state index contributed by atoms with van der Waals surface area (Å²) in [5.74, 6) is -1.14. The Balaban J connectivity index is 1.94. The van der Waals surface area contributed by atoms with E-state index >= 15 is 0 Å². The first-order valence-electron chi connectivity index (χ1n) is 8.53. The van der Waals surface area contributed by atoms with Crippen molar-refractivity contribution in [1.29, 1.82) is 0 Å². The van der Waals surface area contributed by atoms with Crippen molar-refractivity contribution in [2.75, 3.05) is 14.2 Å². The molecule has 1 amide bonds. The van der Waals surface area contributed by atoms with Crippen molar-refractivity contribution in [3.8, 4) is 11.5 Å². The van der Waals surface area contributed by atoms with E-state index in [0.29, 0.717) is 6.42 Å². The van der Waals surface area contributed by atoms with Crippen molar-refractivity contribution in [3.05, 3.63) is 59.2 Å². The summed E-state index contributed by atoms with van der Waals surface area (Å²) < 4.78 is 39.3. The number of hydrogen-bond donors (Lipinski definition) is 0. The van der Waals surface area contributed by atoms with Gasteiger partial charge in [0.15, 0.2) is 11.5 Å². The quantitative estimate of drug-likeness (QED) is 0.733. The molecule has 2 aromatic carbocycles. The van der Waals surface area contributed by atoms with E-state index in [2.05, 4.69) is 4.74 Å². The zero-order valence-electron chi connectivity index (χ0n) is 15.4. The molecule has 0 saturated carbocycles. The number of methoxy groups -OCH3 is 2. The van der Waals surface area contributed by atoms with E-state index in [4.69, 9.17) is 9.47 Å². The molecule has 0 radical (unpaired) electrons. The monoisotopic (exact) mass is 391 g/mol. The highest BCUT2D eigenvalue weighted by Crippen LogP contribution is 2.31. The Morgan fingerprint density at radius 1 is 1.07 bits per heavy atom. The van der Waals surface area contributed by atoms with Crippen LogP contribution in [0.1, 0.15) is 21.5 Å². The maximum Gasteiger partial charge on any atom is 0.387 e. The summed E-state index contributed by atoms with van der Waals surface area (Å²) in [6, 6.07) is 10.7. The Hall–Kier alpha value is -3.16. The molecule has 0 unspecified atom stereocenters. The number of carbonyl (C=O) groups is 2. The van der Waals surface area contributed by atoms with Gasteiger partial charge in [0.25, 0.3) is 5.91 Å². The lowest BCUT2D eigenvalue weighted by Crippen LogP contribution is -2.49. The van der Waals surface area contributed by atoms with Crippen molar-refractivity contribution in [2.24, 2.45) is 0 Å². The van der Waals surface area contributed by atoms with Gasteiger partial charge in [-0.2, -0.15) is 8.78 Å². The van der Waals surface area contributed by atoms with Crippen LogP contribution in [0, 0.1) is 0 Å². The molecular formula is C20H19F2NO5. The third-order valence-electron chi connectivity index (χ3n) is 4.61. The Labute approximate surface area is 160 Å². The highest BCUT2D eigenvalue weighted by atomic mass is 19.3. The Bertz CT molecular complexity index is 887. The molecule has 0 bridgehead atoms. The number of fused-ring (bicyclic) bond motifs is 1. The minimum Gasteiger partial charge on any atom is -0.493 e. The molecule has 1 heterocycles. The van der Waals surface area contributed by atoms with E-state index in [9.17, 15) is 18.4 Å². The van der Waals surface area contributed by atoms with Gasteiger partial charge in [-0.3, -0.25) is 4.79 Å². The van der Waals surface area contributed by atoms with Gasteiger partial charge < -0.3 is 19.1 Å². The van der Waals surface area contributed by atoms with Gasteiger partial charge in [0.1, 0.15) is 6.04 Å². The van der Waals surface area contributed by atoms with E-state index in [1.54, 1.807) is 0 Å². The van der Waals surface area contributed by atoms with Crippen molar-refractivity contribution >= 4 is 11.9 Å². The number of halogens is 2. The summed E-state index contributed by atoms with van der Waals surface area (Å²) in [5, 5.41) is 0. The van der Waals surface area contributed by atoms with E-state index in [-0.39, 0.29) is 23.6 Å². The normalized spacial score (nSPS) is 15.8. The van der Waals surface area contributed by atoms with Crippen LogP contribution in [0.2, 0.25) is 0 Å². The van der Waals surface area contributed by atoms with Gasteiger partial charge in [0.05, 0.1) is 14.2 Å². The molecule has 1 atom stereocenters. The molecule has 148 valence electrons. The molecular weight excluding hydrogens is 372 g/mol. The largest absolute Gasteiger partial charge is 0.493 e. The van der Waals surface area contributed by atoms with Crippen molar-refractivity contribution in [1.82, 2.24) is 4.90 Å². The number of hydrogen-bond acceptors (Lipinski definition) is 5. The van der Waals surface area contributed by atoms with Crippen molar-refractivity contribution < 1.29 is 32.6 Å². The number of esters is 1. The van der Waals surface area contributed by atoms with Crippen LogP contribution in [-0.2, 0) is 22.5 Å². The van der Waals surface area contributed by atoms with Gasteiger partial charge in [0, 0.05) is 18.5 Å². The maximum absolute atomic E-state index is 13.1. The predicted molar refractivity (Wildman–Crippen MR) is 95.4 cm³/mol. The average molecular weight is 391 g/mol. The fraction of sp³-hybridized carbons (Fsp3) is 0.300. The Kier molecular flexibility index (Phi) is 5.77. The van der Waals surface area contributed by atoms with Crippen molar-refractivity contribution in [2.45, 2.75) is 25.6 Å². The molecule has 1 aliphatic rings. The number of amides is 1. The zero-order chi connectivity index (χ0) is 20.3. The smallest absolute Gasteiger partial charge is 0.387 e. The molecule has 2 aromatic rings. The molecule has 0 aliphatic carbocycles. The second-order valence-electron chi connectivity index (χ2n) is 6.19. The lowest BCUT2D eigenvalue weighted by molar-refractivity contribution is -0.146. The number of rotatable bonds is 5. The zero-order valence-corrected chi connectivity index (χ0v) is 15.4. The minimum absolute atomic E-state index is 0.00169. The summed E-state index contributed by atoms with van der Waals surface area (Å²) in [4.78, 5) is 26.8. The molecule has 1 aliphatic heterocycles. The minimum atomic E-state index is -3.02. The number of alkyl halides is 2. The summed E-state index contributed by atoms with van der Waals surface area (Å²) in [7, 11) is 2.56. The second kappa shape index (κ2) is 8.24. The number of nitrogens with zero attached hydrogens (tertiary/aromatic N) is 1. The molecule has 0 aromatic heterocycles. The summed E-state index contributed by atoms with van der Waals surface area (Å²) in [5.41, 5.74) is 2.09. The van der Waals surface area contributed by atoms with Crippen LogP contribution in [0.3, 0.4) is 0 Å². The van der Waals surface area contributed by atoms with Gasteiger partial charge in [-0.05, 0) is 29.3 Å². The first-order valence-corrected chi connectivity index (χ1v) is 8.53. The number of benzene rings is 2. The van der Waals surface area contributed by atoms with Crippen LogP contribution < -0.4 is 9.47 Å². The van der Waals surface area contributed by atoms with Gasteiger partial charge in [-0.25, -0.2) is 4.79 Å². The van der Waals surface area contributed by atoms with Gasteiger partial charge in [-0.15, -0.1) is 0 Å². The third kappa shape index (κ3) is 3.90.